The molecule has 0 fully saturated rings. The Morgan fingerprint density at radius 3 is 2.71 bits per heavy atom. The van der Waals surface area contributed by atoms with Crippen LogP contribution < -0.4 is 10.6 Å². The van der Waals surface area contributed by atoms with Gasteiger partial charge in [0.15, 0.2) is 0 Å². The average molecular weight is 303 g/mol. The fourth-order valence-corrected chi connectivity index (χ4v) is 2.15. The Morgan fingerprint density at radius 2 is 2.05 bits per heavy atom. The Labute approximate surface area is 124 Å². The first-order valence-corrected chi connectivity index (χ1v) is 7.20. The van der Waals surface area contributed by atoms with E-state index in [1.165, 1.54) is 17.3 Å². The fourth-order valence-electron chi connectivity index (χ4n) is 1.59. The molecule has 3 rings (SSSR count). The fraction of sp³-hybridized carbons (Fsp3) is 0.273. The summed E-state index contributed by atoms with van der Waals surface area (Å²) in [6, 6.07) is 0. The third-order valence-corrected chi connectivity index (χ3v) is 3.24. The minimum Gasteiger partial charge on any atom is -0.354 e. The van der Waals surface area contributed by atoms with Gasteiger partial charge in [-0.2, -0.15) is 24.7 Å². The van der Waals surface area contributed by atoms with E-state index in [0.717, 1.165) is 5.01 Å². The van der Waals surface area contributed by atoms with Crippen molar-refractivity contribution in [1.82, 2.24) is 34.7 Å². The summed E-state index contributed by atoms with van der Waals surface area (Å²) in [4.78, 5) is 21.0. The van der Waals surface area contributed by atoms with Crippen molar-refractivity contribution >= 4 is 23.2 Å². The molecular weight excluding hydrogens is 290 g/mol. The zero-order valence-electron chi connectivity index (χ0n) is 11.3. The van der Waals surface area contributed by atoms with Gasteiger partial charge in [-0.05, 0) is 6.92 Å². The van der Waals surface area contributed by atoms with Gasteiger partial charge in [-0.1, -0.05) is 0 Å². The van der Waals surface area contributed by atoms with E-state index in [4.69, 9.17) is 0 Å². The van der Waals surface area contributed by atoms with Crippen LogP contribution in [0.2, 0.25) is 0 Å². The third kappa shape index (κ3) is 3.28. The molecule has 0 atom stereocenters. The molecule has 0 unspecified atom stereocenters. The molecule has 0 amide bonds. The van der Waals surface area contributed by atoms with E-state index in [-0.39, 0.29) is 0 Å². The molecule has 0 aliphatic carbocycles. The molecule has 2 N–H and O–H groups in total. The standard InChI is InChI=1S/C11H13N9S/c1-2-13-9-17-10(15-5-8-14-3-4-21-8)19-11(18-9)20-7-12-6-16-20/h3-4,6-7H,2,5H2,1H3,(H2,13,15,17,18,19). The van der Waals surface area contributed by atoms with Crippen molar-refractivity contribution in [1.29, 1.82) is 0 Å². The summed E-state index contributed by atoms with van der Waals surface area (Å²) in [6.07, 6.45) is 4.73. The van der Waals surface area contributed by atoms with Crippen LogP contribution in [0.1, 0.15) is 11.9 Å². The van der Waals surface area contributed by atoms with E-state index in [1.807, 2.05) is 12.3 Å². The molecule has 0 radical (unpaired) electrons. The molecule has 0 bridgehead atoms. The second-order valence-corrected chi connectivity index (χ2v) is 4.91. The molecule has 0 spiro atoms. The first-order valence-electron chi connectivity index (χ1n) is 6.32. The van der Waals surface area contributed by atoms with Crippen molar-refractivity contribution in [3.05, 3.63) is 29.2 Å². The van der Waals surface area contributed by atoms with Crippen LogP contribution in [-0.4, -0.2) is 41.2 Å². The Balaban J connectivity index is 1.84. The highest BCUT2D eigenvalue weighted by molar-refractivity contribution is 7.09. The van der Waals surface area contributed by atoms with Gasteiger partial charge in [0, 0.05) is 18.1 Å². The van der Waals surface area contributed by atoms with E-state index in [9.17, 15) is 0 Å². The molecule has 0 aliphatic rings. The lowest BCUT2D eigenvalue weighted by molar-refractivity contribution is 0.793. The highest BCUT2D eigenvalue weighted by Crippen LogP contribution is 2.11. The maximum Gasteiger partial charge on any atom is 0.258 e. The maximum absolute atomic E-state index is 4.32. The number of nitrogens with zero attached hydrogens (tertiary/aromatic N) is 7. The van der Waals surface area contributed by atoms with E-state index in [2.05, 4.69) is 40.7 Å². The lowest BCUT2D eigenvalue weighted by Crippen LogP contribution is -2.12. The number of hydrogen-bond donors (Lipinski definition) is 2. The van der Waals surface area contributed by atoms with Crippen LogP contribution >= 0.6 is 11.3 Å². The SMILES string of the molecule is CCNc1nc(NCc2nccs2)nc(-n2cncn2)n1. The summed E-state index contributed by atoms with van der Waals surface area (Å²) >= 11 is 1.57. The highest BCUT2D eigenvalue weighted by Gasteiger charge is 2.08. The molecule has 3 aromatic heterocycles. The minimum absolute atomic E-state index is 0.403. The largest absolute Gasteiger partial charge is 0.354 e. The number of hydrogen-bond acceptors (Lipinski definition) is 9. The number of rotatable bonds is 6. The molecule has 0 aliphatic heterocycles. The number of thiazole rings is 1. The van der Waals surface area contributed by atoms with Gasteiger partial charge in [-0.25, -0.2) is 9.97 Å². The van der Waals surface area contributed by atoms with Gasteiger partial charge >= 0.3 is 0 Å². The van der Waals surface area contributed by atoms with E-state index in [1.54, 1.807) is 17.5 Å². The molecular formula is C11H13N9S. The Hall–Kier alpha value is -2.62. The maximum atomic E-state index is 4.32. The predicted octanol–water partition coefficient (Wildman–Crippen LogP) is 0.953. The van der Waals surface area contributed by atoms with Crippen LogP contribution in [0, 0.1) is 0 Å². The van der Waals surface area contributed by atoms with Crippen molar-refractivity contribution in [2.24, 2.45) is 0 Å². The molecule has 3 heterocycles. The second kappa shape index (κ2) is 6.22. The quantitative estimate of drug-likeness (QED) is 0.693. The molecule has 0 saturated carbocycles. The van der Waals surface area contributed by atoms with Gasteiger partial charge < -0.3 is 10.6 Å². The van der Waals surface area contributed by atoms with Crippen molar-refractivity contribution in [2.75, 3.05) is 17.2 Å². The Morgan fingerprint density at radius 1 is 1.19 bits per heavy atom. The smallest absolute Gasteiger partial charge is 0.258 e. The Bertz CT molecular complexity index is 680. The molecule has 3 aromatic rings. The van der Waals surface area contributed by atoms with Gasteiger partial charge in [0.05, 0.1) is 6.54 Å². The summed E-state index contributed by atoms with van der Waals surface area (Å²) in [6.45, 7) is 3.25. The zero-order valence-corrected chi connectivity index (χ0v) is 12.1. The summed E-state index contributed by atoms with van der Waals surface area (Å²) in [5.41, 5.74) is 0. The molecule has 21 heavy (non-hydrogen) atoms. The van der Waals surface area contributed by atoms with Crippen molar-refractivity contribution in [2.45, 2.75) is 13.5 Å². The van der Waals surface area contributed by atoms with E-state index >= 15 is 0 Å². The van der Waals surface area contributed by atoms with Crippen LogP contribution in [0.4, 0.5) is 11.9 Å². The number of nitrogens with one attached hydrogen (secondary N) is 2. The first-order chi connectivity index (χ1) is 10.3. The van der Waals surface area contributed by atoms with E-state index in [0.29, 0.717) is 30.9 Å². The van der Waals surface area contributed by atoms with Crippen LogP contribution in [0.15, 0.2) is 24.2 Å². The van der Waals surface area contributed by atoms with Gasteiger partial charge in [-0.3, -0.25) is 0 Å². The van der Waals surface area contributed by atoms with Crippen molar-refractivity contribution < 1.29 is 0 Å². The molecule has 0 aromatic carbocycles. The summed E-state index contributed by atoms with van der Waals surface area (Å²) < 4.78 is 1.48. The van der Waals surface area contributed by atoms with Gasteiger partial charge in [0.2, 0.25) is 11.9 Å². The lowest BCUT2D eigenvalue weighted by atomic mass is 10.6. The normalized spacial score (nSPS) is 10.5. The first kappa shape index (κ1) is 13.4. The predicted molar refractivity (Wildman–Crippen MR) is 78.3 cm³/mol. The molecule has 0 saturated heterocycles. The average Bonchev–Trinajstić information content (AvgIpc) is 3.19. The van der Waals surface area contributed by atoms with Crippen LogP contribution in [0.5, 0.6) is 0 Å². The Kier molecular flexibility index (Phi) is 3.96. The van der Waals surface area contributed by atoms with Crippen LogP contribution in [0.25, 0.3) is 5.95 Å². The summed E-state index contributed by atoms with van der Waals surface area (Å²) in [7, 11) is 0. The number of aromatic nitrogens is 7. The molecule has 9 nitrogen and oxygen atoms in total. The summed E-state index contributed by atoms with van der Waals surface area (Å²) in [5.74, 6) is 1.35. The van der Waals surface area contributed by atoms with Gasteiger partial charge in [-0.15, -0.1) is 11.3 Å². The topological polar surface area (TPSA) is 106 Å². The van der Waals surface area contributed by atoms with E-state index < -0.39 is 0 Å². The van der Waals surface area contributed by atoms with Crippen molar-refractivity contribution in [3.8, 4) is 5.95 Å². The van der Waals surface area contributed by atoms with Crippen LogP contribution in [-0.2, 0) is 6.54 Å². The monoisotopic (exact) mass is 303 g/mol. The van der Waals surface area contributed by atoms with Crippen LogP contribution in [0.3, 0.4) is 0 Å². The van der Waals surface area contributed by atoms with Gasteiger partial charge in [0.25, 0.3) is 5.95 Å². The lowest BCUT2D eigenvalue weighted by Gasteiger charge is -2.08. The zero-order chi connectivity index (χ0) is 14.5. The molecule has 10 heteroatoms. The molecule has 108 valence electrons. The third-order valence-electron chi connectivity index (χ3n) is 2.46. The highest BCUT2D eigenvalue weighted by atomic mass is 32.1. The number of anilines is 2. The van der Waals surface area contributed by atoms with Crippen molar-refractivity contribution in [3.63, 3.8) is 0 Å². The summed E-state index contributed by atoms with van der Waals surface area (Å²) in [5, 5.41) is 13.1. The van der Waals surface area contributed by atoms with Gasteiger partial charge in [0.1, 0.15) is 17.7 Å². The minimum atomic E-state index is 0.403. The second-order valence-electron chi connectivity index (χ2n) is 3.93.